The highest BCUT2D eigenvalue weighted by Gasteiger charge is 2.14. The molecule has 0 heterocycles. The molecule has 0 radical (unpaired) electrons. The number of hydrogen-bond donors (Lipinski definition) is 0. The van der Waals surface area contributed by atoms with Crippen LogP contribution in [0.2, 0.25) is 0 Å². The zero-order valence-electron chi connectivity index (χ0n) is 8.49. The number of hydrogen-bond acceptors (Lipinski definition) is 5. The molecule has 0 unspecified atom stereocenters. The molecular weight excluding hydrogens is 246 g/mol. The summed E-state index contributed by atoms with van der Waals surface area (Å²) in [6, 6.07) is 5.93. The van der Waals surface area contributed by atoms with Crippen molar-refractivity contribution in [3.8, 4) is 23.8 Å². The van der Waals surface area contributed by atoms with Crippen molar-refractivity contribution in [2.45, 2.75) is 0 Å². The molecule has 7 heteroatoms. The van der Waals surface area contributed by atoms with Gasteiger partial charge in [0.2, 0.25) is 0 Å². The average Bonchev–Trinajstić information content (AvgIpc) is 2.27. The lowest BCUT2D eigenvalue weighted by Crippen LogP contribution is -2.06. The number of carbonyl (C=O) groups excluding carboxylic acids is 1. The van der Waals surface area contributed by atoms with E-state index in [2.05, 4.69) is 14.5 Å². The van der Waals surface area contributed by atoms with E-state index in [0.29, 0.717) is 0 Å². The first-order chi connectivity index (χ1) is 8.09. The van der Waals surface area contributed by atoms with Crippen molar-refractivity contribution in [1.82, 2.24) is 0 Å². The molecule has 0 saturated carbocycles. The van der Waals surface area contributed by atoms with Gasteiger partial charge in [0, 0.05) is 0 Å². The predicted molar refractivity (Wildman–Crippen MR) is 58.4 cm³/mol. The van der Waals surface area contributed by atoms with Crippen LogP contribution in [0.15, 0.2) is 28.7 Å². The van der Waals surface area contributed by atoms with Crippen LogP contribution in [0, 0.1) is 12.3 Å². The number of terminal acetylenes is 1. The molecular formula is C10H7NO5S. The SMILES string of the molecule is C#CCOc1ccccc1OS(=O)(=O)N=C=O. The van der Waals surface area contributed by atoms with Crippen molar-refractivity contribution in [3.05, 3.63) is 24.3 Å². The first-order valence-electron chi connectivity index (χ1n) is 4.28. The normalized spacial score (nSPS) is 9.82. The third kappa shape index (κ3) is 3.99. The van der Waals surface area contributed by atoms with Crippen LogP contribution >= 0.6 is 0 Å². The molecule has 0 aliphatic heterocycles. The Morgan fingerprint density at radius 3 is 2.53 bits per heavy atom. The van der Waals surface area contributed by atoms with Crippen LogP contribution in [0.3, 0.4) is 0 Å². The minimum Gasteiger partial charge on any atom is -0.477 e. The summed E-state index contributed by atoms with van der Waals surface area (Å²) in [5.74, 6) is 2.24. The number of nitrogens with zero attached hydrogens (tertiary/aromatic N) is 1. The van der Waals surface area contributed by atoms with Crippen LogP contribution in [-0.2, 0) is 15.1 Å². The van der Waals surface area contributed by atoms with Crippen molar-refractivity contribution < 1.29 is 22.1 Å². The molecule has 0 aromatic heterocycles. The summed E-state index contributed by atoms with van der Waals surface area (Å²) in [4.78, 5) is 9.86. The maximum absolute atomic E-state index is 11.1. The smallest absolute Gasteiger partial charge is 0.439 e. The standard InChI is InChI=1S/C10H7NO5S/c1-2-7-15-9-5-3-4-6-10(9)16-17(13,14)11-8-12/h1,3-6H,7H2. The van der Waals surface area contributed by atoms with Crippen LogP contribution in [0.5, 0.6) is 11.5 Å². The second-order valence-corrected chi connectivity index (χ2v) is 3.84. The van der Waals surface area contributed by atoms with E-state index in [1.54, 1.807) is 6.07 Å². The zero-order valence-corrected chi connectivity index (χ0v) is 9.31. The molecule has 0 fully saturated rings. The van der Waals surface area contributed by atoms with E-state index in [1.807, 2.05) is 0 Å². The summed E-state index contributed by atoms with van der Waals surface area (Å²) in [6.07, 6.45) is 5.88. The lowest BCUT2D eigenvalue weighted by Gasteiger charge is -2.07. The third-order valence-electron chi connectivity index (χ3n) is 1.50. The van der Waals surface area contributed by atoms with Crippen LogP contribution in [0.25, 0.3) is 0 Å². The molecule has 0 saturated heterocycles. The second kappa shape index (κ2) is 5.70. The fourth-order valence-corrected chi connectivity index (χ4v) is 1.43. The zero-order chi connectivity index (χ0) is 12.7. The highest BCUT2D eigenvalue weighted by atomic mass is 32.2. The monoisotopic (exact) mass is 253 g/mol. The lowest BCUT2D eigenvalue weighted by molar-refractivity contribution is 0.354. The predicted octanol–water partition coefficient (Wildman–Crippen LogP) is 0.658. The number of para-hydroxylation sites is 2. The van der Waals surface area contributed by atoms with Crippen LogP contribution < -0.4 is 8.92 Å². The Bertz CT molecular complexity index is 581. The number of rotatable bonds is 5. The van der Waals surface area contributed by atoms with E-state index in [1.165, 1.54) is 18.2 Å². The number of isocyanates is 1. The molecule has 0 N–H and O–H groups in total. The van der Waals surface area contributed by atoms with E-state index >= 15 is 0 Å². The molecule has 0 aliphatic carbocycles. The molecule has 0 bridgehead atoms. The van der Waals surface area contributed by atoms with Crippen molar-refractivity contribution >= 4 is 16.4 Å². The third-order valence-corrected chi connectivity index (χ3v) is 2.19. The molecule has 17 heavy (non-hydrogen) atoms. The fraction of sp³-hybridized carbons (Fsp3) is 0.100. The quantitative estimate of drug-likeness (QED) is 0.437. The van der Waals surface area contributed by atoms with Gasteiger partial charge in [-0.1, -0.05) is 18.1 Å². The molecule has 1 rings (SSSR count). The topological polar surface area (TPSA) is 82.0 Å². The van der Waals surface area contributed by atoms with Crippen molar-refractivity contribution in [2.24, 2.45) is 4.40 Å². The molecule has 0 aliphatic rings. The van der Waals surface area contributed by atoms with Gasteiger partial charge in [-0.25, -0.2) is 4.79 Å². The first-order valence-corrected chi connectivity index (χ1v) is 5.64. The fourth-order valence-electron chi connectivity index (χ4n) is 0.935. The van der Waals surface area contributed by atoms with Gasteiger partial charge in [-0.3, -0.25) is 0 Å². The maximum atomic E-state index is 11.1. The van der Waals surface area contributed by atoms with E-state index in [9.17, 15) is 13.2 Å². The Hall–Kier alpha value is -2.29. The van der Waals surface area contributed by atoms with Crippen LogP contribution in [0.1, 0.15) is 0 Å². The highest BCUT2D eigenvalue weighted by Crippen LogP contribution is 2.27. The van der Waals surface area contributed by atoms with Gasteiger partial charge in [-0.05, 0) is 16.5 Å². The largest absolute Gasteiger partial charge is 0.477 e. The molecule has 1 aromatic rings. The van der Waals surface area contributed by atoms with Crippen molar-refractivity contribution in [1.29, 1.82) is 0 Å². The number of ether oxygens (including phenoxy) is 1. The molecule has 0 atom stereocenters. The minimum absolute atomic E-state index is 0.0443. The summed E-state index contributed by atoms with van der Waals surface area (Å²) in [5, 5.41) is 0. The first kappa shape index (κ1) is 12.8. The van der Waals surface area contributed by atoms with Gasteiger partial charge in [0.05, 0.1) is 0 Å². The Kier molecular flexibility index (Phi) is 4.29. The van der Waals surface area contributed by atoms with Gasteiger partial charge in [0.1, 0.15) is 6.61 Å². The molecule has 6 nitrogen and oxygen atoms in total. The summed E-state index contributed by atoms with van der Waals surface area (Å²) in [5.41, 5.74) is 0. The van der Waals surface area contributed by atoms with E-state index in [-0.39, 0.29) is 18.1 Å². The minimum atomic E-state index is -4.36. The molecule has 0 spiro atoms. The molecule has 0 amide bonds. The summed E-state index contributed by atoms with van der Waals surface area (Å²) in [6.45, 7) is -0.0443. The molecule has 1 aromatic carbocycles. The Labute approximate surface area is 98.1 Å². The summed E-state index contributed by atoms with van der Waals surface area (Å²) >= 11 is 0. The van der Waals surface area contributed by atoms with Gasteiger partial charge < -0.3 is 8.92 Å². The van der Waals surface area contributed by atoms with Crippen molar-refractivity contribution in [2.75, 3.05) is 6.61 Å². The van der Waals surface area contributed by atoms with E-state index < -0.39 is 10.3 Å². The average molecular weight is 253 g/mol. The number of benzene rings is 1. The van der Waals surface area contributed by atoms with Crippen LogP contribution in [-0.4, -0.2) is 21.1 Å². The Morgan fingerprint density at radius 2 is 1.94 bits per heavy atom. The Morgan fingerprint density at radius 1 is 1.29 bits per heavy atom. The van der Waals surface area contributed by atoms with E-state index in [0.717, 1.165) is 6.08 Å². The van der Waals surface area contributed by atoms with Gasteiger partial charge in [0.15, 0.2) is 11.5 Å². The summed E-state index contributed by atoms with van der Waals surface area (Å²) in [7, 11) is -4.36. The molecule has 88 valence electrons. The van der Waals surface area contributed by atoms with Gasteiger partial charge >= 0.3 is 10.3 Å². The van der Waals surface area contributed by atoms with Gasteiger partial charge in [-0.15, -0.1) is 6.42 Å². The van der Waals surface area contributed by atoms with E-state index in [4.69, 9.17) is 11.2 Å². The van der Waals surface area contributed by atoms with Crippen molar-refractivity contribution in [3.63, 3.8) is 0 Å². The van der Waals surface area contributed by atoms with Gasteiger partial charge in [0.25, 0.3) is 6.08 Å². The second-order valence-electron chi connectivity index (χ2n) is 2.63. The maximum Gasteiger partial charge on any atom is 0.439 e. The van der Waals surface area contributed by atoms with Gasteiger partial charge in [-0.2, -0.15) is 8.42 Å². The lowest BCUT2D eigenvalue weighted by atomic mass is 10.3. The Balaban J connectivity index is 2.99. The summed E-state index contributed by atoms with van der Waals surface area (Å²) < 4.78 is 34.2. The van der Waals surface area contributed by atoms with Crippen LogP contribution in [0.4, 0.5) is 0 Å². The highest BCUT2D eigenvalue weighted by molar-refractivity contribution is 7.85.